The van der Waals surface area contributed by atoms with E-state index in [4.69, 9.17) is 9.72 Å². The third-order valence-corrected chi connectivity index (χ3v) is 6.82. The summed E-state index contributed by atoms with van der Waals surface area (Å²) in [5.41, 5.74) is 6.08. The van der Waals surface area contributed by atoms with E-state index in [0.717, 1.165) is 59.3 Å². The number of nitrogens with zero attached hydrogens (tertiary/aromatic N) is 5. The predicted octanol–water partition coefficient (Wildman–Crippen LogP) is 4.90. The van der Waals surface area contributed by atoms with Gasteiger partial charge in [-0.25, -0.2) is 19.3 Å². The standard InChI is InChI=1S/C28H23FN8O/c29-19-3-1-16(2-4-19)22-7-10-32-27-24(22)34-28(35-27)25-23-12-18(14-33-26(23)37-36-25)17-11-21(15-31-13-17)38-20-5-8-30-9-6-20/h1-4,7,10-15,20,30H,5-6,8-9H2,(H,32,34,35)(H,33,36,37). The van der Waals surface area contributed by atoms with Crippen LogP contribution in [-0.2, 0) is 0 Å². The van der Waals surface area contributed by atoms with Crippen LogP contribution in [0.3, 0.4) is 0 Å². The van der Waals surface area contributed by atoms with Crippen LogP contribution in [0.25, 0.3) is 56.0 Å². The Bertz CT molecular complexity index is 1750. The number of pyridine rings is 3. The number of rotatable bonds is 5. The average Bonchev–Trinajstić information content (AvgIpc) is 3.58. The van der Waals surface area contributed by atoms with Crippen molar-refractivity contribution in [3.05, 3.63) is 73.1 Å². The van der Waals surface area contributed by atoms with Crippen LogP contribution in [0.2, 0.25) is 0 Å². The Labute approximate surface area is 216 Å². The number of nitrogens with one attached hydrogen (secondary N) is 3. The highest BCUT2D eigenvalue weighted by Gasteiger charge is 2.18. The Kier molecular flexibility index (Phi) is 5.51. The predicted molar refractivity (Wildman–Crippen MR) is 142 cm³/mol. The second kappa shape index (κ2) is 9.31. The summed E-state index contributed by atoms with van der Waals surface area (Å²) in [6, 6.07) is 12.2. The van der Waals surface area contributed by atoms with E-state index in [2.05, 4.69) is 35.5 Å². The number of imidazole rings is 1. The van der Waals surface area contributed by atoms with Gasteiger partial charge < -0.3 is 15.0 Å². The van der Waals surface area contributed by atoms with Crippen LogP contribution in [0.4, 0.5) is 4.39 Å². The van der Waals surface area contributed by atoms with Gasteiger partial charge in [-0.2, -0.15) is 5.10 Å². The lowest BCUT2D eigenvalue weighted by molar-refractivity contribution is 0.162. The number of hydrogen-bond donors (Lipinski definition) is 3. The molecular formula is C28H23FN8O. The summed E-state index contributed by atoms with van der Waals surface area (Å²) in [6.07, 6.45) is 9.20. The zero-order valence-electron chi connectivity index (χ0n) is 20.3. The lowest BCUT2D eigenvalue weighted by Crippen LogP contribution is -2.34. The van der Waals surface area contributed by atoms with Gasteiger partial charge in [-0.1, -0.05) is 12.1 Å². The van der Waals surface area contributed by atoms with Gasteiger partial charge in [0.05, 0.1) is 11.6 Å². The zero-order valence-corrected chi connectivity index (χ0v) is 20.3. The van der Waals surface area contributed by atoms with E-state index < -0.39 is 0 Å². The molecule has 0 atom stereocenters. The molecule has 6 aromatic rings. The van der Waals surface area contributed by atoms with Gasteiger partial charge in [0.2, 0.25) is 0 Å². The molecule has 3 N–H and O–H groups in total. The number of ether oxygens (including phenoxy) is 1. The van der Waals surface area contributed by atoms with Gasteiger partial charge in [0, 0.05) is 35.3 Å². The molecule has 0 amide bonds. The zero-order chi connectivity index (χ0) is 25.5. The van der Waals surface area contributed by atoms with E-state index >= 15 is 0 Å². The van der Waals surface area contributed by atoms with Crippen molar-refractivity contribution in [2.45, 2.75) is 18.9 Å². The first-order chi connectivity index (χ1) is 18.7. The van der Waals surface area contributed by atoms with Crippen LogP contribution in [0.5, 0.6) is 5.75 Å². The molecule has 9 nitrogen and oxygen atoms in total. The highest BCUT2D eigenvalue weighted by molar-refractivity contribution is 5.96. The number of halogens is 1. The summed E-state index contributed by atoms with van der Waals surface area (Å²) in [5, 5.41) is 11.7. The molecular weight excluding hydrogens is 483 g/mol. The van der Waals surface area contributed by atoms with E-state index in [1.54, 1.807) is 36.9 Å². The van der Waals surface area contributed by atoms with Gasteiger partial charge in [0.15, 0.2) is 17.1 Å². The lowest BCUT2D eigenvalue weighted by atomic mass is 10.1. The van der Waals surface area contributed by atoms with Crippen molar-refractivity contribution in [2.24, 2.45) is 0 Å². The molecule has 5 aromatic heterocycles. The highest BCUT2D eigenvalue weighted by atomic mass is 19.1. The van der Waals surface area contributed by atoms with E-state index in [9.17, 15) is 4.39 Å². The third-order valence-electron chi connectivity index (χ3n) is 6.82. The van der Waals surface area contributed by atoms with Gasteiger partial charge in [-0.15, -0.1) is 0 Å². The fraction of sp³-hybridized carbons (Fsp3) is 0.179. The Balaban J connectivity index is 1.25. The summed E-state index contributed by atoms with van der Waals surface area (Å²) < 4.78 is 19.7. The quantitative estimate of drug-likeness (QED) is 0.305. The molecule has 0 unspecified atom stereocenters. The van der Waals surface area contributed by atoms with E-state index in [-0.39, 0.29) is 11.9 Å². The van der Waals surface area contributed by atoms with Crippen molar-refractivity contribution in [2.75, 3.05) is 13.1 Å². The largest absolute Gasteiger partial charge is 0.489 e. The Morgan fingerprint density at radius 3 is 2.58 bits per heavy atom. The monoisotopic (exact) mass is 506 g/mol. The fourth-order valence-corrected chi connectivity index (χ4v) is 4.87. The van der Waals surface area contributed by atoms with Crippen LogP contribution < -0.4 is 10.1 Å². The van der Waals surface area contributed by atoms with Crippen LogP contribution in [0, 0.1) is 5.82 Å². The number of piperidine rings is 1. The summed E-state index contributed by atoms with van der Waals surface area (Å²) in [5.74, 6) is 1.03. The van der Waals surface area contributed by atoms with Crippen molar-refractivity contribution in [1.29, 1.82) is 0 Å². The van der Waals surface area contributed by atoms with Crippen LogP contribution in [-0.4, -0.2) is 54.3 Å². The summed E-state index contributed by atoms with van der Waals surface area (Å²) in [7, 11) is 0. The highest BCUT2D eigenvalue weighted by Crippen LogP contribution is 2.32. The molecule has 38 heavy (non-hydrogen) atoms. The molecule has 1 aliphatic rings. The van der Waals surface area contributed by atoms with Gasteiger partial charge in [-0.05, 0) is 61.8 Å². The number of benzene rings is 1. The van der Waals surface area contributed by atoms with Gasteiger partial charge >= 0.3 is 0 Å². The first-order valence-corrected chi connectivity index (χ1v) is 12.5. The fourth-order valence-electron chi connectivity index (χ4n) is 4.87. The molecule has 1 saturated heterocycles. The van der Waals surface area contributed by atoms with Crippen molar-refractivity contribution >= 4 is 22.2 Å². The molecule has 188 valence electrons. The van der Waals surface area contributed by atoms with E-state index in [1.165, 1.54) is 12.1 Å². The van der Waals surface area contributed by atoms with Gasteiger partial charge in [-0.3, -0.25) is 10.1 Å². The van der Waals surface area contributed by atoms with Crippen molar-refractivity contribution in [3.8, 4) is 39.5 Å². The molecule has 0 radical (unpaired) electrons. The van der Waals surface area contributed by atoms with Crippen molar-refractivity contribution in [1.82, 2.24) is 40.4 Å². The van der Waals surface area contributed by atoms with E-state index in [1.807, 2.05) is 18.2 Å². The summed E-state index contributed by atoms with van der Waals surface area (Å²) in [6.45, 7) is 1.93. The topological polar surface area (TPSA) is 117 Å². The first kappa shape index (κ1) is 22.5. The number of aromatic amines is 2. The van der Waals surface area contributed by atoms with Crippen molar-refractivity contribution < 1.29 is 9.13 Å². The van der Waals surface area contributed by atoms with E-state index in [0.29, 0.717) is 28.3 Å². The lowest BCUT2D eigenvalue weighted by Gasteiger charge is -2.23. The van der Waals surface area contributed by atoms with Crippen LogP contribution in [0.1, 0.15) is 12.8 Å². The molecule has 0 bridgehead atoms. The molecule has 1 aromatic carbocycles. The molecule has 1 fully saturated rings. The maximum Gasteiger partial charge on any atom is 0.161 e. The second-order valence-electron chi connectivity index (χ2n) is 9.32. The minimum atomic E-state index is -0.286. The number of H-pyrrole nitrogens is 2. The average molecular weight is 507 g/mol. The number of hydrogen-bond acceptors (Lipinski definition) is 7. The normalized spacial score (nSPS) is 14.3. The molecule has 7 rings (SSSR count). The molecule has 6 heterocycles. The minimum Gasteiger partial charge on any atom is -0.489 e. The maximum absolute atomic E-state index is 13.5. The smallest absolute Gasteiger partial charge is 0.161 e. The SMILES string of the molecule is Fc1ccc(-c2ccnc3[nH]c(-c4n[nH]c5ncc(-c6cncc(OC7CCNCC7)c6)cc45)nc23)cc1. The first-order valence-electron chi connectivity index (χ1n) is 12.5. The Morgan fingerprint density at radius 2 is 1.71 bits per heavy atom. The molecule has 0 spiro atoms. The van der Waals surface area contributed by atoms with Crippen LogP contribution in [0.15, 0.2) is 67.3 Å². The van der Waals surface area contributed by atoms with Crippen molar-refractivity contribution in [3.63, 3.8) is 0 Å². The number of fused-ring (bicyclic) bond motifs is 2. The molecule has 1 aliphatic heterocycles. The molecule has 10 heteroatoms. The van der Waals surface area contributed by atoms with Crippen LogP contribution >= 0.6 is 0 Å². The Hall–Kier alpha value is -4.70. The van der Waals surface area contributed by atoms with Gasteiger partial charge in [0.1, 0.15) is 28.9 Å². The molecule has 0 aliphatic carbocycles. The second-order valence-corrected chi connectivity index (χ2v) is 9.32. The minimum absolute atomic E-state index is 0.191. The molecule has 0 saturated carbocycles. The van der Waals surface area contributed by atoms with Gasteiger partial charge in [0.25, 0.3) is 0 Å². The maximum atomic E-state index is 13.5. The Morgan fingerprint density at radius 1 is 0.868 bits per heavy atom. The number of aromatic nitrogens is 7. The summed E-state index contributed by atoms with van der Waals surface area (Å²) >= 11 is 0. The summed E-state index contributed by atoms with van der Waals surface area (Å²) in [4.78, 5) is 21.5. The third kappa shape index (κ3) is 4.14.